The second-order valence-corrected chi connectivity index (χ2v) is 10.4. The first-order valence-corrected chi connectivity index (χ1v) is 12.6. The normalized spacial score (nSPS) is 19.1. The van der Waals surface area contributed by atoms with Crippen LogP contribution in [0.25, 0.3) is 0 Å². The molecule has 7 heteroatoms. The maximum Gasteiger partial charge on any atom is 0.269 e. The molecule has 0 aliphatic carbocycles. The van der Waals surface area contributed by atoms with Crippen LogP contribution in [0.15, 0.2) is 72.8 Å². The van der Waals surface area contributed by atoms with Gasteiger partial charge in [-0.1, -0.05) is 61.9 Å². The lowest BCUT2D eigenvalue weighted by Gasteiger charge is -2.33. The fourth-order valence-electron chi connectivity index (χ4n) is 4.70. The zero-order chi connectivity index (χ0) is 24.7. The van der Waals surface area contributed by atoms with Gasteiger partial charge in [0.2, 0.25) is 16.7 Å². The molecule has 1 fully saturated rings. The smallest absolute Gasteiger partial charge is 0.269 e. The number of nitrogens with one attached hydrogen (secondary N) is 1. The number of fused-ring (bicyclic) bond motifs is 2. The number of nitrogens with zero attached hydrogens (tertiary/aromatic N) is 2. The zero-order valence-electron chi connectivity index (χ0n) is 19.9. The average molecular weight is 486 g/mol. The Morgan fingerprint density at radius 1 is 1.00 bits per heavy atom. The van der Waals surface area contributed by atoms with Crippen LogP contribution in [0.1, 0.15) is 36.5 Å². The standard InChI is InChI=1S/C28H27N3O3S/c1-18(2)20-10-12-21(13-11-20)29-25(32)16-30-24-7-5-4-6-23(24)28(27(30)34)31(26(33)17-35-28)22-14-8-19(3)9-15-22/h4-15,18H,16-17H2,1-3H3,(H,29,32)/t28-/m0/s1. The van der Waals surface area contributed by atoms with Crippen LogP contribution in [-0.4, -0.2) is 30.0 Å². The minimum atomic E-state index is -1.22. The van der Waals surface area contributed by atoms with Gasteiger partial charge >= 0.3 is 0 Å². The van der Waals surface area contributed by atoms with Crippen LogP contribution in [0.4, 0.5) is 17.1 Å². The van der Waals surface area contributed by atoms with E-state index >= 15 is 0 Å². The van der Waals surface area contributed by atoms with Gasteiger partial charge in [-0.05, 0) is 48.7 Å². The summed E-state index contributed by atoms with van der Waals surface area (Å²) in [7, 11) is 0. The number of anilines is 3. The molecule has 3 aromatic carbocycles. The van der Waals surface area contributed by atoms with E-state index in [1.165, 1.54) is 22.2 Å². The Labute approximate surface area is 209 Å². The molecule has 35 heavy (non-hydrogen) atoms. The molecule has 2 aliphatic heterocycles. The number of benzene rings is 3. The lowest BCUT2D eigenvalue weighted by molar-refractivity contribution is -0.124. The van der Waals surface area contributed by atoms with Crippen molar-refractivity contribution in [1.29, 1.82) is 0 Å². The fraction of sp³-hybridized carbons (Fsp3) is 0.250. The highest BCUT2D eigenvalue weighted by atomic mass is 32.2. The lowest BCUT2D eigenvalue weighted by Crippen LogP contribution is -2.50. The van der Waals surface area contributed by atoms with E-state index in [1.54, 1.807) is 4.90 Å². The Hall–Kier alpha value is -3.58. The summed E-state index contributed by atoms with van der Waals surface area (Å²) >= 11 is 1.31. The molecule has 0 aromatic heterocycles. The van der Waals surface area contributed by atoms with Gasteiger partial charge in [-0.15, -0.1) is 11.8 Å². The molecule has 0 saturated carbocycles. The first-order chi connectivity index (χ1) is 16.8. The lowest BCUT2D eigenvalue weighted by atomic mass is 10.0. The van der Waals surface area contributed by atoms with E-state index in [2.05, 4.69) is 19.2 Å². The predicted molar refractivity (Wildman–Crippen MR) is 141 cm³/mol. The van der Waals surface area contributed by atoms with Gasteiger partial charge in [0.25, 0.3) is 5.91 Å². The van der Waals surface area contributed by atoms with Crippen molar-refractivity contribution in [3.8, 4) is 0 Å². The van der Waals surface area contributed by atoms with Gasteiger partial charge in [-0.25, -0.2) is 0 Å². The molecule has 1 N–H and O–H groups in total. The molecule has 1 saturated heterocycles. The molecule has 0 unspecified atom stereocenters. The highest BCUT2D eigenvalue weighted by Gasteiger charge is 2.61. The SMILES string of the molecule is Cc1ccc(N2C(=O)CS[C@@]23C(=O)N(CC(=O)Nc2ccc(C(C)C)cc2)c2ccccc23)cc1. The van der Waals surface area contributed by atoms with E-state index in [-0.39, 0.29) is 30.0 Å². The van der Waals surface area contributed by atoms with Gasteiger partial charge < -0.3 is 5.32 Å². The third-order valence-electron chi connectivity index (χ3n) is 6.52. The molecule has 3 amide bonds. The van der Waals surface area contributed by atoms with Crippen LogP contribution >= 0.6 is 11.8 Å². The summed E-state index contributed by atoms with van der Waals surface area (Å²) in [4.78, 5) is 42.0. The Morgan fingerprint density at radius 2 is 1.69 bits per heavy atom. The third kappa shape index (κ3) is 3.90. The molecule has 6 nitrogen and oxygen atoms in total. The molecule has 2 heterocycles. The fourth-order valence-corrected chi connectivity index (χ4v) is 6.06. The summed E-state index contributed by atoms with van der Waals surface area (Å²) in [5.41, 5.74) is 5.00. The zero-order valence-corrected chi connectivity index (χ0v) is 20.8. The van der Waals surface area contributed by atoms with Crippen molar-refractivity contribution in [3.63, 3.8) is 0 Å². The summed E-state index contributed by atoms with van der Waals surface area (Å²) in [6.45, 7) is 6.07. The van der Waals surface area contributed by atoms with Crippen molar-refractivity contribution in [1.82, 2.24) is 0 Å². The third-order valence-corrected chi connectivity index (χ3v) is 7.90. The van der Waals surface area contributed by atoms with E-state index < -0.39 is 4.87 Å². The quantitative estimate of drug-likeness (QED) is 0.550. The van der Waals surface area contributed by atoms with E-state index in [0.717, 1.165) is 11.1 Å². The molecule has 1 spiro atoms. The van der Waals surface area contributed by atoms with Crippen molar-refractivity contribution in [2.75, 3.05) is 27.4 Å². The van der Waals surface area contributed by atoms with Crippen LogP contribution in [0.5, 0.6) is 0 Å². The van der Waals surface area contributed by atoms with Gasteiger partial charge in [-0.3, -0.25) is 24.2 Å². The number of amides is 3. The molecule has 2 aliphatic rings. The molecule has 0 radical (unpaired) electrons. The number of carbonyl (C=O) groups excluding carboxylic acids is 3. The van der Waals surface area contributed by atoms with Gasteiger partial charge in [0.1, 0.15) is 6.54 Å². The molecule has 5 rings (SSSR count). The van der Waals surface area contributed by atoms with Crippen LogP contribution < -0.4 is 15.1 Å². The number of aryl methyl sites for hydroxylation is 1. The van der Waals surface area contributed by atoms with Crippen LogP contribution in [-0.2, 0) is 19.3 Å². The van der Waals surface area contributed by atoms with Crippen LogP contribution in [0.2, 0.25) is 0 Å². The molecule has 0 bridgehead atoms. The average Bonchev–Trinajstić information content (AvgIpc) is 3.31. The van der Waals surface area contributed by atoms with Gasteiger partial charge in [-0.2, -0.15) is 0 Å². The highest BCUT2D eigenvalue weighted by Crippen LogP contribution is 2.55. The molecule has 1 atom stereocenters. The first-order valence-electron chi connectivity index (χ1n) is 11.7. The number of thioether (sulfide) groups is 1. The Bertz CT molecular complexity index is 1300. The van der Waals surface area contributed by atoms with Crippen molar-refractivity contribution in [2.45, 2.75) is 31.6 Å². The Morgan fingerprint density at radius 3 is 2.37 bits per heavy atom. The Balaban J connectivity index is 1.46. The van der Waals surface area contributed by atoms with E-state index in [4.69, 9.17) is 0 Å². The van der Waals surface area contributed by atoms with Crippen molar-refractivity contribution in [2.24, 2.45) is 0 Å². The number of carbonyl (C=O) groups is 3. The van der Waals surface area contributed by atoms with Gasteiger partial charge in [0.15, 0.2) is 0 Å². The van der Waals surface area contributed by atoms with Gasteiger partial charge in [0, 0.05) is 16.9 Å². The largest absolute Gasteiger partial charge is 0.325 e. The predicted octanol–water partition coefficient (Wildman–Crippen LogP) is 5.04. The Kier molecular flexibility index (Phi) is 5.89. The minimum Gasteiger partial charge on any atom is -0.325 e. The van der Waals surface area contributed by atoms with Crippen LogP contribution in [0.3, 0.4) is 0 Å². The number of rotatable bonds is 5. The first kappa shape index (κ1) is 23.2. The number of para-hydroxylation sites is 1. The molecular formula is C28H27N3O3S. The maximum atomic E-state index is 14.0. The van der Waals surface area contributed by atoms with Crippen molar-refractivity contribution >= 4 is 46.5 Å². The van der Waals surface area contributed by atoms with E-state index in [9.17, 15) is 14.4 Å². The highest BCUT2D eigenvalue weighted by molar-refractivity contribution is 8.02. The van der Waals surface area contributed by atoms with Crippen LogP contribution in [0, 0.1) is 6.92 Å². The topological polar surface area (TPSA) is 69.7 Å². The van der Waals surface area contributed by atoms with E-state index in [1.807, 2.05) is 79.7 Å². The minimum absolute atomic E-state index is 0.126. The van der Waals surface area contributed by atoms with E-state index in [0.29, 0.717) is 23.0 Å². The monoisotopic (exact) mass is 485 g/mol. The summed E-state index contributed by atoms with van der Waals surface area (Å²) in [6.07, 6.45) is 0. The second-order valence-electron chi connectivity index (χ2n) is 9.23. The molecule has 3 aromatic rings. The van der Waals surface area contributed by atoms with Crippen molar-refractivity contribution in [3.05, 3.63) is 89.5 Å². The van der Waals surface area contributed by atoms with Crippen molar-refractivity contribution < 1.29 is 14.4 Å². The van der Waals surface area contributed by atoms with Gasteiger partial charge in [0.05, 0.1) is 11.4 Å². The summed E-state index contributed by atoms with van der Waals surface area (Å²) in [5.74, 6) is -0.105. The number of hydrogen-bond donors (Lipinski definition) is 1. The summed E-state index contributed by atoms with van der Waals surface area (Å²) < 4.78 is 0. The second kappa shape index (κ2) is 8.89. The molecular weight excluding hydrogens is 458 g/mol. The number of hydrogen-bond acceptors (Lipinski definition) is 4. The molecule has 178 valence electrons. The summed E-state index contributed by atoms with van der Waals surface area (Å²) in [6, 6.07) is 22.8. The maximum absolute atomic E-state index is 14.0. The summed E-state index contributed by atoms with van der Waals surface area (Å²) in [5, 5.41) is 2.90.